The topological polar surface area (TPSA) is 83.9 Å². The number of amides is 1. The molecule has 3 aromatic rings. The zero-order valence-electron chi connectivity index (χ0n) is 16.5. The van der Waals surface area contributed by atoms with Crippen molar-refractivity contribution in [3.05, 3.63) is 57.4 Å². The largest absolute Gasteiger partial charge is 0.417 e. The number of rotatable bonds is 3. The van der Waals surface area contributed by atoms with E-state index in [1.165, 1.54) is 19.2 Å². The molecule has 0 spiro atoms. The van der Waals surface area contributed by atoms with Crippen LogP contribution in [0.3, 0.4) is 0 Å². The Hall–Kier alpha value is -3.17. The maximum atomic E-state index is 13.4. The van der Waals surface area contributed by atoms with E-state index in [0.717, 1.165) is 6.07 Å². The highest BCUT2D eigenvalue weighted by molar-refractivity contribution is 5.94. The molecule has 1 saturated heterocycles. The average Bonchev–Trinajstić information content (AvgIpc) is 3.35. The van der Waals surface area contributed by atoms with Crippen LogP contribution in [0.4, 0.5) is 13.2 Å². The van der Waals surface area contributed by atoms with Gasteiger partial charge in [-0.3, -0.25) is 19.3 Å². The smallest absolute Gasteiger partial charge is 0.338 e. The lowest BCUT2D eigenvalue weighted by Gasteiger charge is -2.16. The molecule has 1 aliphatic heterocycles. The van der Waals surface area contributed by atoms with Crippen LogP contribution in [-0.4, -0.2) is 43.6 Å². The van der Waals surface area contributed by atoms with Crippen LogP contribution in [-0.2, 0) is 12.7 Å². The Bertz CT molecular complexity index is 1180. The van der Waals surface area contributed by atoms with Crippen LogP contribution < -0.4 is 5.56 Å². The summed E-state index contributed by atoms with van der Waals surface area (Å²) in [6.45, 7) is 4.87. The number of aryl methyl sites for hydroxylation is 2. The molecule has 10 heteroatoms. The lowest BCUT2D eigenvalue weighted by molar-refractivity contribution is -0.136. The minimum Gasteiger partial charge on any atom is -0.338 e. The second kappa shape index (κ2) is 7.26. The predicted octanol–water partition coefficient (Wildman–Crippen LogP) is 3.10. The summed E-state index contributed by atoms with van der Waals surface area (Å²) in [5.74, 6) is -0.349. The van der Waals surface area contributed by atoms with E-state index in [-0.39, 0.29) is 23.0 Å². The highest BCUT2D eigenvalue weighted by Gasteiger charge is 2.35. The van der Waals surface area contributed by atoms with Gasteiger partial charge in [0.25, 0.3) is 11.5 Å². The van der Waals surface area contributed by atoms with Gasteiger partial charge in [0.2, 0.25) is 0 Å². The molecule has 1 fully saturated rings. The van der Waals surface area contributed by atoms with Crippen molar-refractivity contribution in [1.29, 1.82) is 0 Å². The number of likely N-dealkylation sites (tertiary alicyclic amines) is 1. The Morgan fingerprint density at radius 2 is 2.10 bits per heavy atom. The summed E-state index contributed by atoms with van der Waals surface area (Å²) in [7, 11) is 0. The van der Waals surface area contributed by atoms with Crippen LogP contribution in [0.1, 0.15) is 46.6 Å². The molecule has 0 bridgehead atoms. The van der Waals surface area contributed by atoms with Crippen molar-refractivity contribution in [2.45, 2.75) is 38.9 Å². The Morgan fingerprint density at radius 3 is 2.77 bits per heavy atom. The number of carbonyl (C=O) groups is 1. The van der Waals surface area contributed by atoms with Crippen molar-refractivity contribution in [3.63, 3.8) is 0 Å². The fraction of sp³-hybridized carbons (Fsp3) is 0.400. The second-order valence-electron chi connectivity index (χ2n) is 7.44. The molecule has 4 rings (SSSR count). The van der Waals surface area contributed by atoms with Gasteiger partial charge >= 0.3 is 6.18 Å². The molecule has 30 heavy (non-hydrogen) atoms. The van der Waals surface area contributed by atoms with Crippen molar-refractivity contribution in [3.8, 4) is 0 Å². The lowest BCUT2D eigenvalue weighted by Crippen LogP contribution is -2.28. The standard InChI is InChI=1S/C20H20F3N5O2/c1-3-28-10-13(8-24-28)19(30)27-5-4-12(9-27)15-7-16-17(18(29)26-15)14(20(21,22)23)6-11(2)25-16/h6-8,10,12H,3-5,9H2,1-2H3,(H,26,29). The van der Waals surface area contributed by atoms with Crippen molar-refractivity contribution < 1.29 is 18.0 Å². The molecule has 1 N–H and O–H groups in total. The molecule has 1 atom stereocenters. The van der Waals surface area contributed by atoms with E-state index < -0.39 is 22.7 Å². The van der Waals surface area contributed by atoms with Crippen LogP contribution in [0.15, 0.2) is 29.3 Å². The van der Waals surface area contributed by atoms with Gasteiger partial charge in [0.05, 0.1) is 28.2 Å². The number of pyridine rings is 2. The van der Waals surface area contributed by atoms with Crippen molar-refractivity contribution >= 4 is 16.8 Å². The number of aromatic nitrogens is 4. The molecule has 1 amide bonds. The molecular formula is C20H20F3N5O2. The summed E-state index contributed by atoms with van der Waals surface area (Å²) >= 11 is 0. The van der Waals surface area contributed by atoms with Gasteiger partial charge in [0.1, 0.15) is 0 Å². The molecule has 3 aromatic heterocycles. The van der Waals surface area contributed by atoms with Gasteiger partial charge in [0.15, 0.2) is 0 Å². The molecule has 1 aliphatic rings. The first kappa shape index (κ1) is 20.1. The van der Waals surface area contributed by atoms with Gasteiger partial charge in [-0.1, -0.05) is 0 Å². The molecule has 7 nitrogen and oxygen atoms in total. The minimum atomic E-state index is -4.65. The van der Waals surface area contributed by atoms with Crippen molar-refractivity contribution in [2.24, 2.45) is 0 Å². The van der Waals surface area contributed by atoms with E-state index >= 15 is 0 Å². The monoisotopic (exact) mass is 419 g/mol. The number of H-pyrrole nitrogens is 1. The number of hydrogen-bond donors (Lipinski definition) is 1. The van der Waals surface area contributed by atoms with Gasteiger partial charge in [-0.25, -0.2) is 0 Å². The Kier molecular flexibility index (Phi) is 4.87. The maximum absolute atomic E-state index is 13.4. The van der Waals surface area contributed by atoms with Gasteiger partial charge in [-0.05, 0) is 32.4 Å². The third-order valence-electron chi connectivity index (χ3n) is 5.38. The molecule has 1 unspecified atom stereocenters. The second-order valence-corrected chi connectivity index (χ2v) is 7.44. The number of nitrogens with one attached hydrogen (secondary N) is 1. The quantitative estimate of drug-likeness (QED) is 0.707. The number of fused-ring (bicyclic) bond motifs is 1. The first-order chi connectivity index (χ1) is 14.2. The molecule has 0 aromatic carbocycles. The molecule has 0 radical (unpaired) electrons. The molecule has 0 aliphatic carbocycles. The molecular weight excluding hydrogens is 399 g/mol. The van der Waals surface area contributed by atoms with E-state index in [9.17, 15) is 22.8 Å². The molecule has 158 valence electrons. The predicted molar refractivity (Wildman–Crippen MR) is 103 cm³/mol. The normalized spacial score (nSPS) is 17.1. The number of carbonyl (C=O) groups excluding carboxylic acids is 1. The van der Waals surface area contributed by atoms with Crippen LogP contribution in [0, 0.1) is 6.92 Å². The fourth-order valence-corrected chi connectivity index (χ4v) is 3.89. The van der Waals surface area contributed by atoms with Crippen LogP contribution in [0.2, 0.25) is 0 Å². The SMILES string of the molecule is CCn1cc(C(=O)N2CCC(c3cc4nc(C)cc(C(F)(F)F)c4c(=O)[nH]3)C2)cn1. The number of hydrogen-bond acceptors (Lipinski definition) is 4. The van der Waals surface area contributed by atoms with Crippen molar-refractivity contribution in [1.82, 2.24) is 24.6 Å². The molecule has 0 saturated carbocycles. The van der Waals surface area contributed by atoms with E-state index in [1.807, 2.05) is 6.92 Å². The third kappa shape index (κ3) is 3.57. The summed E-state index contributed by atoms with van der Waals surface area (Å²) in [5.41, 5.74) is -0.655. The summed E-state index contributed by atoms with van der Waals surface area (Å²) in [4.78, 5) is 33.6. The number of halogens is 3. The van der Waals surface area contributed by atoms with Gasteiger partial charge in [0, 0.05) is 43.1 Å². The number of alkyl halides is 3. The van der Waals surface area contributed by atoms with Crippen LogP contribution >= 0.6 is 0 Å². The van der Waals surface area contributed by atoms with Gasteiger partial charge in [-0.2, -0.15) is 18.3 Å². The van der Waals surface area contributed by atoms with Gasteiger partial charge in [-0.15, -0.1) is 0 Å². The molecule has 4 heterocycles. The van der Waals surface area contributed by atoms with Crippen LogP contribution in [0.5, 0.6) is 0 Å². The maximum Gasteiger partial charge on any atom is 0.417 e. The highest BCUT2D eigenvalue weighted by atomic mass is 19.4. The third-order valence-corrected chi connectivity index (χ3v) is 5.38. The summed E-state index contributed by atoms with van der Waals surface area (Å²) in [6, 6.07) is 2.37. The summed E-state index contributed by atoms with van der Waals surface area (Å²) in [5, 5.41) is 3.64. The highest BCUT2D eigenvalue weighted by Crippen LogP contribution is 2.34. The summed E-state index contributed by atoms with van der Waals surface area (Å²) in [6.07, 6.45) is -0.867. The minimum absolute atomic E-state index is 0.00933. The number of nitrogens with zero attached hydrogens (tertiary/aromatic N) is 4. The van der Waals surface area contributed by atoms with Crippen LogP contribution in [0.25, 0.3) is 10.9 Å². The van der Waals surface area contributed by atoms with E-state index in [0.29, 0.717) is 37.3 Å². The zero-order valence-corrected chi connectivity index (χ0v) is 16.5. The van der Waals surface area contributed by atoms with E-state index in [4.69, 9.17) is 0 Å². The van der Waals surface area contributed by atoms with Gasteiger partial charge < -0.3 is 9.88 Å². The zero-order chi connectivity index (χ0) is 21.6. The fourth-order valence-electron chi connectivity index (χ4n) is 3.89. The first-order valence-electron chi connectivity index (χ1n) is 9.61. The summed E-state index contributed by atoms with van der Waals surface area (Å²) < 4.78 is 41.8. The van der Waals surface area contributed by atoms with Crippen molar-refractivity contribution in [2.75, 3.05) is 13.1 Å². The Labute approximate surface area is 169 Å². The average molecular weight is 419 g/mol. The lowest BCUT2D eigenvalue weighted by atomic mass is 10.0. The first-order valence-corrected chi connectivity index (χ1v) is 9.61. The van der Waals surface area contributed by atoms with E-state index in [1.54, 1.807) is 15.8 Å². The van der Waals surface area contributed by atoms with E-state index in [2.05, 4.69) is 15.1 Å². The Balaban J connectivity index is 1.64. The number of aromatic amines is 1. The Morgan fingerprint density at radius 1 is 1.33 bits per heavy atom.